The van der Waals surface area contributed by atoms with Crippen molar-refractivity contribution < 1.29 is 4.74 Å². The summed E-state index contributed by atoms with van der Waals surface area (Å²) in [7, 11) is 0. The monoisotopic (exact) mass is 542 g/mol. The van der Waals surface area contributed by atoms with E-state index in [2.05, 4.69) is 99.2 Å². The van der Waals surface area contributed by atoms with Crippen LogP contribution in [0.1, 0.15) is 42.5 Å². The van der Waals surface area contributed by atoms with Crippen LogP contribution >= 0.6 is 23.2 Å². The minimum atomic E-state index is -0.756. The number of rotatable bonds is 8. The molecule has 1 aliphatic carbocycles. The molecule has 38 heavy (non-hydrogen) atoms. The number of aromatic nitrogens is 4. The van der Waals surface area contributed by atoms with Crippen molar-refractivity contribution in [1.29, 1.82) is 0 Å². The normalized spacial score (nSPS) is 19.4. The third kappa shape index (κ3) is 4.29. The van der Waals surface area contributed by atoms with Crippen LogP contribution in [0.4, 0.5) is 0 Å². The number of hydrogen-bond acceptors (Lipinski definition) is 4. The van der Waals surface area contributed by atoms with E-state index in [1.165, 1.54) is 0 Å². The fraction of sp³-hybridized carbons (Fsp3) is 0.258. The van der Waals surface area contributed by atoms with Crippen LogP contribution in [0.3, 0.4) is 0 Å². The fourth-order valence-corrected chi connectivity index (χ4v) is 6.33. The van der Waals surface area contributed by atoms with Crippen molar-refractivity contribution in [2.45, 2.75) is 31.4 Å². The average molecular weight is 543 g/mol. The Morgan fingerprint density at radius 3 is 1.92 bits per heavy atom. The number of fused-ring (bicyclic) bond motifs is 1. The summed E-state index contributed by atoms with van der Waals surface area (Å²) in [6.45, 7) is 2.81. The van der Waals surface area contributed by atoms with Crippen molar-refractivity contribution in [3.8, 4) is 0 Å². The Balaban J connectivity index is 1.42. The summed E-state index contributed by atoms with van der Waals surface area (Å²) in [6, 6.07) is 31.7. The SMILES string of the molecule is CC[C@H]1C[C@@H](n2cnc3c(Cl)nc(Cl)nc32)[C@@H]1COC(c1ccccc1)(c1ccccc1)c1ccccc1. The van der Waals surface area contributed by atoms with Crippen LogP contribution in [0.25, 0.3) is 11.2 Å². The average Bonchev–Trinajstić information content (AvgIpc) is 3.36. The second-order valence-electron chi connectivity index (χ2n) is 9.83. The van der Waals surface area contributed by atoms with E-state index in [4.69, 9.17) is 27.9 Å². The lowest BCUT2D eigenvalue weighted by molar-refractivity contribution is -0.0656. The van der Waals surface area contributed by atoms with Gasteiger partial charge in [-0.15, -0.1) is 0 Å². The second kappa shape index (κ2) is 10.5. The zero-order chi connectivity index (χ0) is 26.1. The van der Waals surface area contributed by atoms with Crippen LogP contribution in [-0.2, 0) is 10.3 Å². The van der Waals surface area contributed by atoms with Crippen LogP contribution in [0.2, 0.25) is 10.4 Å². The summed E-state index contributed by atoms with van der Waals surface area (Å²) in [5, 5.41) is 0.397. The maximum absolute atomic E-state index is 7.19. The van der Waals surface area contributed by atoms with Crippen LogP contribution in [0.15, 0.2) is 97.3 Å². The van der Waals surface area contributed by atoms with Gasteiger partial charge in [0, 0.05) is 12.0 Å². The third-order valence-electron chi connectivity index (χ3n) is 7.91. The topological polar surface area (TPSA) is 52.8 Å². The minimum absolute atomic E-state index is 0.125. The van der Waals surface area contributed by atoms with E-state index in [1.54, 1.807) is 0 Å². The molecule has 0 saturated heterocycles. The van der Waals surface area contributed by atoms with Crippen LogP contribution in [-0.4, -0.2) is 26.1 Å². The molecule has 192 valence electrons. The predicted molar refractivity (Wildman–Crippen MR) is 151 cm³/mol. The summed E-state index contributed by atoms with van der Waals surface area (Å²) < 4.78 is 9.29. The predicted octanol–water partition coefficient (Wildman–Crippen LogP) is 7.73. The molecule has 1 aliphatic rings. The first-order chi connectivity index (χ1) is 18.6. The van der Waals surface area contributed by atoms with E-state index >= 15 is 0 Å². The van der Waals surface area contributed by atoms with Gasteiger partial charge in [0.2, 0.25) is 5.28 Å². The lowest BCUT2D eigenvalue weighted by atomic mass is 9.68. The van der Waals surface area contributed by atoms with Gasteiger partial charge < -0.3 is 9.30 Å². The Morgan fingerprint density at radius 1 is 0.842 bits per heavy atom. The molecule has 3 atom stereocenters. The van der Waals surface area contributed by atoms with Gasteiger partial charge in [0.1, 0.15) is 11.1 Å². The van der Waals surface area contributed by atoms with Gasteiger partial charge in [0.25, 0.3) is 0 Å². The van der Waals surface area contributed by atoms with Crippen molar-refractivity contribution in [3.63, 3.8) is 0 Å². The van der Waals surface area contributed by atoms with Crippen molar-refractivity contribution in [2.75, 3.05) is 6.61 Å². The molecule has 1 saturated carbocycles. The highest BCUT2D eigenvalue weighted by Crippen LogP contribution is 2.49. The first-order valence-electron chi connectivity index (χ1n) is 13.0. The largest absolute Gasteiger partial charge is 0.360 e. The Kier molecular flexibility index (Phi) is 6.91. The van der Waals surface area contributed by atoms with Gasteiger partial charge in [-0.25, -0.2) is 9.97 Å². The lowest BCUT2D eigenvalue weighted by Crippen LogP contribution is -2.44. The molecule has 0 unspecified atom stereocenters. The molecule has 0 spiro atoms. The molecule has 0 bridgehead atoms. The Hall–Kier alpha value is -3.25. The maximum Gasteiger partial charge on any atom is 0.225 e. The third-order valence-corrected chi connectivity index (χ3v) is 8.34. The molecular weight excluding hydrogens is 515 g/mol. The number of halogens is 2. The second-order valence-corrected chi connectivity index (χ2v) is 10.5. The molecule has 2 aromatic heterocycles. The smallest absolute Gasteiger partial charge is 0.225 e. The molecule has 6 rings (SSSR count). The Morgan fingerprint density at radius 2 is 1.39 bits per heavy atom. The molecular formula is C31H28Cl2N4O. The zero-order valence-corrected chi connectivity index (χ0v) is 22.6. The van der Waals surface area contributed by atoms with Crippen molar-refractivity contribution in [2.24, 2.45) is 11.8 Å². The highest BCUT2D eigenvalue weighted by molar-refractivity contribution is 6.35. The van der Waals surface area contributed by atoms with Crippen LogP contribution in [0, 0.1) is 11.8 Å². The molecule has 7 heteroatoms. The number of ether oxygens (including phenoxy) is 1. The molecule has 0 amide bonds. The molecule has 3 aromatic carbocycles. The van der Waals surface area contributed by atoms with Crippen molar-refractivity contribution >= 4 is 34.4 Å². The van der Waals surface area contributed by atoms with Crippen molar-refractivity contribution in [1.82, 2.24) is 19.5 Å². The van der Waals surface area contributed by atoms with E-state index in [0.29, 0.717) is 23.7 Å². The Bertz CT molecular complexity index is 1430. The molecule has 0 radical (unpaired) electrons. The molecule has 0 aliphatic heterocycles. The number of hydrogen-bond donors (Lipinski definition) is 0. The fourth-order valence-electron chi connectivity index (χ4n) is 5.90. The summed E-state index contributed by atoms with van der Waals surface area (Å²) in [4.78, 5) is 13.0. The van der Waals surface area contributed by atoms with E-state index in [0.717, 1.165) is 29.5 Å². The van der Waals surface area contributed by atoms with E-state index in [1.807, 2.05) is 24.5 Å². The first kappa shape index (κ1) is 25.1. The number of imidazole rings is 1. The number of nitrogens with zero attached hydrogens (tertiary/aromatic N) is 4. The van der Waals surface area contributed by atoms with Gasteiger partial charge >= 0.3 is 0 Å². The first-order valence-corrected chi connectivity index (χ1v) is 13.7. The highest BCUT2D eigenvalue weighted by Gasteiger charge is 2.45. The van der Waals surface area contributed by atoms with Gasteiger partial charge in [-0.05, 0) is 40.6 Å². The van der Waals surface area contributed by atoms with Gasteiger partial charge in [-0.3, -0.25) is 0 Å². The van der Waals surface area contributed by atoms with Gasteiger partial charge in [0.05, 0.1) is 12.9 Å². The zero-order valence-electron chi connectivity index (χ0n) is 21.0. The summed E-state index contributed by atoms with van der Waals surface area (Å²) in [5.41, 5.74) is 3.78. The standard InChI is InChI=1S/C31H28Cl2N4O/c1-2-21-18-26(37-20-34-27-28(32)35-30(33)36-29(27)37)25(21)19-38-31(22-12-6-3-7-13-22,23-14-8-4-9-15-23)24-16-10-5-11-17-24/h3-17,20-21,25-26H,2,18-19H2,1H3/t21-,25+,26+/m0/s1. The molecule has 1 fully saturated rings. The van der Waals surface area contributed by atoms with Crippen LogP contribution < -0.4 is 0 Å². The van der Waals surface area contributed by atoms with Crippen molar-refractivity contribution in [3.05, 3.63) is 124 Å². The minimum Gasteiger partial charge on any atom is -0.360 e. The number of benzene rings is 3. The molecule has 0 N–H and O–H groups in total. The summed E-state index contributed by atoms with van der Waals surface area (Å²) in [5.74, 6) is 0.783. The van der Waals surface area contributed by atoms with E-state index < -0.39 is 5.60 Å². The molecule has 2 heterocycles. The van der Waals surface area contributed by atoms with Gasteiger partial charge in [0.15, 0.2) is 10.8 Å². The lowest BCUT2D eigenvalue weighted by Gasteiger charge is -2.47. The molecule has 5 aromatic rings. The maximum atomic E-state index is 7.19. The van der Waals surface area contributed by atoms with E-state index in [9.17, 15) is 0 Å². The summed E-state index contributed by atoms with van der Waals surface area (Å²) >= 11 is 12.5. The molecule has 5 nitrogen and oxygen atoms in total. The van der Waals surface area contributed by atoms with Crippen LogP contribution in [0.5, 0.6) is 0 Å². The Labute approximate surface area is 232 Å². The highest BCUT2D eigenvalue weighted by atomic mass is 35.5. The summed E-state index contributed by atoms with van der Waals surface area (Å²) in [6.07, 6.45) is 3.90. The van der Waals surface area contributed by atoms with Gasteiger partial charge in [-0.2, -0.15) is 4.98 Å². The van der Waals surface area contributed by atoms with Gasteiger partial charge in [-0.1, -0.05) is 116 Å². The quantitative estimate of drug-likeness (QED) is 0.114. The van der Waals surface area contributed by atoms with E-state index in [-0.39, 0.29) is 22.4 Å².